The van der Waals surface area contributed by atoms with Gasteiger partial charge in [-0.05, 0) is 41.9 Å². The topological polar surface area (TPSA) is 63.1 Å². The molecule has 0 fully saturated rings. The summed E-state index contributed by atoms with van der Waals surface area (Å²) in [5.74, 6) is 0.477. The summed E-state index contributed by atoms with van der Waals surface area (Å²) in [6, 6.07) is 3.87. The maximum Gasteiger partial charge on any atom is 0.239 e. The van der Waals surface area contributed by atoms with E-state index in [9.17, 15) is 4.79 Å². The first-order valence-electron chi connectivity index (χ1n) is 7.07. The molecule has 0 atom stereocenters. The first-order valence-corrected chi connectivity index (χ1v) is 7.86. The van der Waals surface area contributed by atoms with Crippen molar-refractivity contribution in [2.45, 2.75) is 26.4 Å². The standard InChI is InChI=1S/C15H20BrN5O/c1-11(2)21(9-12-6-18-20(3)8-12)10-15(22)19-14-5-4-13(16)7-17-14/h4-8,11H,9-10H2,1-3H3,(H,17,19,22). The number of hydrogen-bond donors (Lipinski definition) is 1. The molecule has 0 aliphatic rings. The number of nitrogens with one attached hydrogen (secondary N) is 1. The lowest BCUT2D eigenvalue weighted by molar-refractivity contribution is -0.117. The molecule has 22 heavy (non-hydrogen) atoms. The molecule has 6 nitrogen and oxygen atoms in total. The summed E-state index contributed by atoms with van der Waals surface area (Å²) in [6.07, 6.45) is 5.44. The lowest BCUT2D eigenvalue weighted by Crippen LogP contribution is -2.37. The van der Waals surface area contributed by atoms with Crippen molar-refractivity contribution < 1.29 is 4.79 Å². The lowest BCUT2D eigenvalue weighted by atomic mass is 10.2. The van der Waals surface area contributed by atoms with Crippen LogP contribution in [-0.2, 0) is 18.4 Å². The zero-order valence-corrected chi connectivity index (χ0v) is 14.5. The summed E-state index contributed by atoms with van der Waals surface area (Å²) < 4.78 is 2.64. The highest BCUT2D eigenvalue weighted by Gasteiger charge is 2.15. The van der Waals surface area contributed by atoms with Crippen molar-refractivity contribution in [1.29, 1.82) is 0 Å². The predicted molar refractivity (Wildman–Crippen MR) is 89.3 cm³/mol. The molecular formula is C15H20BrN5O. The highest BCUT2D eigenvalue weighted by atomic mass is 79.9. The van der Waals surface area contributed by atoms with Crippen LogP contribution in [0.1, 0.15) is 19.4 Å². The van der Waals surface area contributed by atoms with Crippen molar-refractivity contribution in [3.63, 3.8) is 0 Å². The van der Waals surface area contributed by atoms with Crippen LogP contribution < -0.4 is 5.32 Å². The fourth-order valence-electron chi connectivity index (χ4n) is 2.03. The van der Waals surface area contributed by atoms with Crippen molar-refractivity contribution in [1.82, 2.24) is 19.7 Å². The Morgan fingerprint density at radius 1 is 1.41 bits per heavy atom. The van der Waals surface area contributed by atoms with E-state index >= 15 is 0 Å². The molecule has 0 aliphatic carbocycles. The minimum atomic E-state index is -0.0765. The molecule has 2 aromatic heterocycles. The van der Waals surface area contributed by atoms with Gasteiger partial charge in [-0.2, -0.15) is 5.10 Å². The van der Waals surface area contributed by atoms with Crippen LogP contribution in [0, 0.1) is 0 Å². The number of amides is 1. The molecule has 0 saturated heterocycles. The highest BCUT2D eigenvalue weighted by Crippen LogP contribution is 2.11. The molecule has 2 aromatic rings. The molecule has 0 aliphatic heterocycles. The molecule has 2 heterocycles. The number of hydrogen-bond acceptors (Lipinski definition) is 4. The average Bonchev–Trinajstić information content (AvgIpc) is 2.86. The van der Waals surface area contributed by atoms with Gasteiger partial charge in [-0.3, -0.25) is 14.4 Å². The van der Waals surface area contributed by atoms with E-state index in [0.717, 1.165) is 10.0 Å². The summed E-state index contributed by atoms with van der Waals surface area (Å²) >= 11 is 3.32. The summed E-state index contributed by atoms with van der Waals surface area (Å²) in [7, 11) is 1.88. The lowest BCUT2D eigenvalue weighted by Gasteiger charge is -2.25. The van der Waals surface area contributed by atoms with E-state index in [4.69, 9.17) is 0 Å². The van der Waals surface area contributed by atoms with Gasteiger partial charge in [0, 0.05) is 42.1 Å². The molecule has 0 saturated carbocycles. The quantitative estimate of drug-likeness (QED) is 0.853. The summed E-state index contributed by atoms with van der Waals surface area (Å²) in [5.41, 5.74) is 1.09. The number of anilines is 1. The maximum absolute atomic E-state index is 12.2. The Bertz CT molecular complexity index is 623. The monoisotopic (exact) mass is 365 g/mol. The van der Waals surface area contributed by atoms with E-state index in [1.165, 1.54) is 0 Å². The van der Waals surface area contributed by atoms with E-state index in [-0.39, 0.29) is 11.9 Å². The summed E-state index contributed by atoms with van der Waals surface area (Å²) in [4.78, 5) is 18.4. The van der Waals surface area contributed by atoms with Gasteiger partial charge in [0.05, 0.1) is 12.7 Å². The average molecular weight is 366 g/mol. The number of nitrogens with zero attached hydrogens (tertiary/aromatic N) is 4. The SMILES string of the molecule is CC(C)N(CC(=O)Nc1ccc(Br)cn1)Cc1cnn(C)c1. The van der Waals surface area contributed by atoms with E-state index in [1.807, 2.05) is 25.5 Å². The molecule has 7 heteroatoms. The minimum Gasteiger partial charge on any atom is -0.310 e. The van der Waals surface area contributed by atoms with Gasteiger partial charge in [0.2, 0.25) is 5.91 Å². The number of carbonyl (C=O) groups is 1. The van der Waals surface area contributed by atoms with E-state index < -0.39 is 0 Å². The number of carbonyl (C=O) groups excluding carboxylic acids is 1. The number of aromatic nitrogens is 3. The third-order valence-electron chi connectivity index (χ3n) is 3.22. The Morgan fingerprint density at radius 3 is 2.73 bits per heavy atom. The van der Waals surface area contributed by atoms with Crippen LogP contribution in [-0.4, -0.2) is 38.2 Å². The molecule has 0 bridgehead atoms. The zero-order valence-electron chi connectivity index (χ0n) is 13.0. The second-order valence-corrected chi connectivity index (χ2v) is 6.35. The van der Waals surface area contributed by atoms with Crippen molar-refractivity contribution in [2.75, 3.05) is 11.9 Å². The zero-order chi connectivity index (χ0) is 16.1. The Hall–Kier alpha value is -1.73. The normalized spacial score (nSPS) is 11.2. The molecule has 118 valence electrons. The largest absolute Gasteiger partial charge is 0.310 e. The Morgan fingerprint density at radius 2 is 2.18 bits per heavy atom. The number of rotatable bonds is 6. The molecular weight excluding hydrogens is 346 g/mol. The van der Waals surface area contributed by atoms with Gasteiger partial charge in [0.25, 0.3) is 0 Å². The second-order valence-electron chi connectivity index (χ2n) is 5.43. The van der Waals surface area contributed by atoms with E-state index in [2.05, 4.69) is 50.1 Å². The molecule has 0 aromatic carbocycles. The number of halogens is 1. The van der Waals surface area contributed by atoms with Crippen LogP contribution in [0.15, 0.2) is 35.2 Å². The molecule has 2 rings (SSSR count). The van der Waals surface area contributed by atoms with Gasteiger partial charge in [0.1, 0.15) is 5.82 Å². The van der Waals surface area contributed by atoms with Gasteiger partial charge in [-0.1, -0.05) is 0 Å². The summed E-state index contributed by atoms with van der Waals surface area (Å²) in [5, 5.41) is 6.97. The smallest absolute Gasteiger partial charge is 0.239 e. The van der Waals surface area contributed by atoms with Crippen molar-refractivity contribution in [3.05, 3.63) is 40.8 Å². The summed E-state index contributed by atoms with van der Waals surface area (Å²) in [6.45, 7) is 5.14. The third-order valence-corrected chi connectivity index (χ3v) is 3.68. The van der Waals surface area contributed by atoms with Gasteiger partial charge < -0.3 is 5.32 Å². The van der Waals surface area contributed by atoms with Crippen LogP contribution >= 0.6 is 15.9 Å². The second kappa shape index (κ2) is 7.51. The Labute approximate surface area is 138 Å². The maximum atomic E-state index is 12.2. The predicted octanol–water partition coefficient (Wildman–Crippen LogP) is 2.43. The van der Waals surface area contributed by atoms with Crippen molar-refractivity contribution >= 4 is 27.7 Å². The van der Waals surface area contributed by atoms with Gasteiger partial charge >= 0.3 is 0 Å². The number of pyridine rings is 1. The van der Waals surface area contributed by atoms with Gasteiger partial charge in [-0.15, -0.1) is 0 Å². The first-order chi connectivity index (χ1) is 10.4. The molecule has 0 radical (unpaired) electrons. The van der Waals surface area contributed by atoms with Crippen molar-refractivity contribution in [2.24, 2.45) is 7.05 Å². The van der Waals surface area contributed by atoms with Gasteiger partial charge in [0.15, 0.2) is 0 Å². The minimum absolute atomic E-state index is 0.0765. The number of aryl methyl sites for hydroxylation is 1. The third kappa shape index (κ3) is 4.92. The Balaban J connectivity index is 1.95. The van der Waals surface area contributed by atoms with Crippen LogP contribution in [0.2, 0.25) is 0 Å². The van der Waals surface area contributed by atoms with Crippen LogP contribution in [0.4, 0.5) is 5.82 Å². The molecule has 0 spiro atoms. The Kier molecular flexibility index (Phi) is 5.68. The molecule has 0 unspecified atom stereocenters. The first kappa shape index (κ1) is 16.6. The van der Waals surface area contributed by atoms with Crippen LogP contribution in [0.25, 0.3) is 0 Å². The fraction of sp³-hybridized carbons (Fsp3) is 0.400. The van der Waals surface area contributed by atoms with E-state index in [0.29, 0.717) is 18.9 Å². The highest BCUT2D eigenvalue weighted by molar-refractivity contribution is 9.10. The van der Waals surface area contributed by atoms with Crippen LogP contribution in [0.5, 0.6) is 0 Å². The van der Waals surface area contributed by atoms with Gasteiger partial charge in [-0.25, -0.2) is 4.98 Å². The molecule has 1 N–H and O–H groups in total. The van der Waals surface area contributed by atoms with Crippen LogP contribution in [0.3, 0.4) is 0 Å². The molecule has 1 amide bonds. The fourth-order valence-corrected chi connectivity index (χ4v) is 2.26. The van der Waals surface area contributed by atoms with Crippen molar-refractivity contribution in [3.8, 4) is 0 Å². The van der Waals surface area contributed by atoms with E-state index in [1.54, 1.807) is 16.9 Å².